The number of benzene rings is 3. The summed E-state index contributed by atoms with van der Waals surface area (Å²) in [6.45, 7) is 0. The lowest BCUT2D eigenvalue weighted by atomic mass is 10.1. The van der Waals surface area contributed by atoms with Crippen LogP contribution in [-0.2, 0) is 7.05 Å². The van der Waals surface area contributed by atoms with Crippen LogP contribution < -0.4 is 9.47 Å². The maximum Gasteiger partial charge on any atom is 0.573 e. The minimum Gasteiger partial charge on any atom is -0.497 e. The first-order valence-electron chi connectivity index (χ1n) is 8.15. The highest BCUT2D eigenvalue weighted by Gasteiger charge is 2.31. The molecule has 0 radical (unpaired) electrons. The fourth-order valence-electron chi connectivity index (χ4n) is 3.16. The molecular formula is C20H15F3N2O2. The minimum absolute atomic E-state index is 0.249. The van der Waals surface area contributed by atoms with Gasteiger partial charge in [-0.05, 0) is 53.9 Å². The second kappa shape index (κ2) is 6.19. The number of aryl methyl sites for hydroxylation is 1. The van der Waals surface area contributed by atoms with Crippen molar-refractivity contribution in [1.29, 1.82) is 0 Å². The van der Waals surface area contributed by atoms with Gasteiger partial charge >= 0.3 is 6.36 Å². The van der Waals surface area contributed by atoms with Gasteiger partial charge in [0.25, 0.3) is 0 Å². The van der Waals surface area contributed by atoms with Gasteiger partial charge in [0.1, 0.15) is 17.3 Å². The molecule has 0 aliphatic carbocycles. The zero-order valence-electron chi connectivity index (χ0n) is 14.5. The van der Waals surface area contributed by atoms with Crippen LogP contribution in [0.3, 0.4) is 0 Å². The van der Waals surface area contributed by atoms with E-state index in [9.17, 15) is 13.2 Å². The summed E-state index contributed by atoms with van der Waals surface area (Å²) in [6.07, 6.45) is -4.72. The second-order valence-corrected chi connectivity index (χ2v) is 6.09. The number of imidazole rings is 1. The molecule has 0 aliphatic rings. The predicted octanol–water partition coefficient (Wildman–Crippen LogP) is 5.30. The molecular weight excluding hydrogens is 357 g/mol. The van der Waals surface area contributed by atoms with Crippen molar-refractivity contribution in [3.05, 3.63) is 54.6 Å². The summed E-state index contributed by atoms with van der Waals surface area (Å²) in [6, 6.07) is 15.4. The van der Waals surface area contributed by atoms with Gasteiger partial charge in [0, 0.05) is 18.0 Å². The Morgan fingerprint density at radius 2 is 1.63 bits per heavy atom. The zero-order chi connectivity index (χ0) is 19.2. The largest absolute Gasteiger partial charge is 0.573 e. The lowest BCUT2D eigenvalue weighted by molar-refractivity contribution is -0.274. The molecule has 0 spiro atoms. The van der Waals surface area contributed by atoms with Crippen molar-refractivity contribution in [3.8, 4) is 22.9 Å². The third-order valence-corrected chi connectivity index (χ3v) is 4.42. The molecule has 1 heterocycles. The number of halogens is 3. The van der Waals surface area contributed by atoms with E-state index < -0.39 is 6.36 Å². The van der Waals surface area contributed by atoms with E-state index in [4.69, 9.17) is 9.72 Å². The quantitative estimate of drug-likeness (QED) is 0.490. The topological polar surface area (TPSA) is 36.3 Å². The van der Waals surface area contributed by atoms with Gasteiger partial charge in [-0.2, -0.15) is 0 Å². The smallest absolute Gasteiger partial charge is 0.497 e. The van der Waals surface area contributed by atoms with Crippen molar-refractivity contribution in [2.24, 2.45) is 7.05 Å². The van der Waals surface area contributed by atoms with Crippen molar-refractivity contribution < 1.29 is 22.6 Å². The zero-order valence-corrected chi connectivity index (χ0v) is 14.5. The number of methoxy groups -OCH3 is 1. The van der Waals surface area contributed by atoms with Crippen LogP contribution in [0.5, 0.6) is 11.5 Å². The van der Waals surface area contributed by atoms with Crippen LogP contribution in [0.2, 0.25) is 0 Å². The number of rotatable bonds is 3. The number of hydrogen-bond acceptors (Lipinski definition) is 3. The van der Waals surface area contributed by atoms with E-state index in [1.807, 2.05) is 41.9 Å². The van der Waals surface area contributed by atoms with E-state index in [1.165, 1.54) is 12.1 Å². The lowest BCUT2D eigenvalue weighted by Gasteiger charge is -2.09. The fourth-order valence-corrected chi connectivity index (χ4v) is 3.16. The minimum atomic E-state index is -4.72. The molecule has 0 fully saturated rings. The molecule has 1 aromatic heterocycles. The van der Waals surface area contributed by atoms with Gasteiger partial charge in [0.15, 0.2) is 0 Å². The van der Waals surface area contributed by atoms with Crippen LogP contribution in [0.15, 0.2) is 54.6 Å². The third-order valence-electron chi connectivity index (χ3n) is 4.42. The Hall–Kier alpha value is -3.22. The molecule has 0 saturated carbocycles. The molecule has 3 aromatic carbocycles. The van der Waals surface area contributed by atoms with Gasteiger partial charge in [-0.25, -0.2) is 4.98 Å². The molecule has 4 aromatic rings. The van der Waals surface area contributed by atoms with E-state index in [0.717, 1.165) is 33.6 Å². The van der Waals surface area contributed by atoms with Crippen LogP contribution in [-0.4, -0.2) is 23.0 Å². The highest BCUT2D eigenvalue weighted by molar-refractivity contribution is 6.05. The summed E-state index contributed by atoms with van der Waals surface area (Å²) in [5.41, 5.74) is 2.52. The average Bonchev–Trinajstić information content (AvgIpc) is 2.97. The molecule has 0 bridgehead atoms. The van der Waals surface area contributed by atoms with Crippen LogP contribution >= 0.6 is 0 Å². The Bertz CT molecular complexity index is 1130. The number of ether oxygens (including phenoxy) is 2. The van der Waals surface area contributed by atoms with Gasteiger partial charge in [-0.15, -0.1) is 13.2 Å². The van der Waals surface area contributed by atoms with Gasteiger partial charge in [0.05, 0.1) is 18.1 Å². The molecule has 0 aliphatic heterocycles. The van der Waals surface area contributed by atoms with Crippen LogP contribution in [0.4, 0.5) is 13.2 Å². The second-order valence-electron chi connectivity index (χ2n) is 6.09. The highest BCUT2D eigenvalue weighted by atomic mass is 19.4. The Kier molecular flexibility index (Phi) is 3.95. The Balaban J connectivity index is 1.84. The van der Waals surface area contributed by atoms with Crippen LogP contribution in [0, 0.1) is 0 Å². The summed E-state index contributed by atoms with van der Waals surface area (Å²) in [7, 11) is 3.51. The Morgan fingerprint density at radius 1 is 0.926 bits per heavy atom. The van der Waals surface area contributed by atoms with Crippen LogP contribution in [0.1, 0.15) is 0 Å². The van der Waals surface area contributed by atoms with E-state index in [1.54, 1.807) is 19.2 Å². The lowest BCUT2D eigenvalue weighted by Crippen LogP contribution is -2.16. The van der Waals surface area contributed by atoms with Gasteiger partial charge < -0.3 is 14.0 Å². The maximum absolute atomic E-state index is 12.4. The monoisotopic (exact) mass is 372 g/mol. The normalized spacial score (nSPS) is 11.9. The van der Waals surface area contributed by atoms with Crippen LogP contribution in [0.25, 0.3) is 33.2 Å². The summed E-state index contributed by atoms with van der Waals surface area (Å²) in [5, 5.41) is 1.39. The molecule has 27 heavy (non-hydrogen) atoms. The first-order chi connectivity index (χ1) is 12.9. The van der Waals surface area contributed by atoms with Gasteiger partial charge in [-0.1, -0.05) is 6.07 Å². The average molecular weight is 372 g/mol. The molecule has 4 nitrogen and oxygen atoms in total. The molecule has 0 amide bonds. The first kappa shape index (κ1) is 17.2. The molecule has 0 unspecified atom stereocenters. The van der Waals surface area contributed by atoms with Gasteiger partial charge in [0.2, 0.25) is 0 Å². The van der Waals surface area contributed by atoms with Crippen molar-refractivity contribution in [2.45, 2.75) is 6.36 Å². The molecule has 0 atom stereocenters. The summed E-state index contributed by atoms with van der Waals surface area (Å²) in [4.78, 5) is 4.73. The molecule has 138 valence electrons. The Labute approximate surface area is 152 Å². The maximum atomic E-state index is 12.4. The van der Waals surface area contributed by atoms with Gasteiger partial charge in [-0.3, -0.25) is 0 Å². The number of nitrogens with zero attached hydrogens (tertiary/aromatic N) is 2. The number of alkyl halides is 3. The Morgan fingerprint density at radius 3 is 2.30 bits per heavy atom. The predicted molar refractivity (Wildman–Crippen MR) is 96.9 cm³/mol. The SMILES string of the molecule is COc1ccc(-c2nc3c4ccc(OC(F)(F)F)cc4ccc3n2C)cc1. The number of aromatic nitrogens is 2. The fraction of sp³-hybridized carbons (Fsp3) is 0.150. The van der Waals surface area contributed by atoms with E-state index in [-0.39, 0.29) is 5.75 Å². The highest BCUT2D eigenvalue weighted by Crippen LogP contribution is 2.33. The van der Waals surface area contributed by atoms with Crippen molar-refractivity contribution in [2.75, 3.05) is 7.11 Å². The van der Waals surface area contributed by atoms with Crippen molar-refractivity contribution >= 4 is 21.8 Å². The summed E-state index contributed by atoms with van der Waals surface area (Å²) < 4.78 is 48.5. The molecule has 0 N–H and O–H groups in total. The van der Waals surface area contributed by atoms with Crippen molar-refractivity contribution in [3.63, 3.8) is 0 Å². The first-order valence-corrected chi connectivity index (χ1v) is 8.15. The molecule has 4 rings (SSSR count). The third kappa shape index (κ3) is 3.16. The number of fused-ring (bicyclic) bond motifs is 3. The van der Waals surface area contributed by atoms with Crippen molar-refractivity contribution in [1.82, 2.24) is 9.55 Å². The summed E-state index contributed by atoms with van der Waals surface area (Å²) in [5.74, 6) is 1.26. The van der Waals surface area contributed by atoms with E-state index in [0.29, 0.717) is 5.39 Å². The molecule has 7 heteroatoms. The summed E-state index contributed by atoms with van der Waals surface area (Å²) >= 11 is 0. The van der Waals surface area contributed by atoms with E-state index in [2.05, 4.69) is 4.74 Å². The standard InChI is InChI=1S/C20H15F3N2O2/c1-25-17-10-5-13-11-15(27-20(21,22)23)8-9-16(13)18(17)24-19(25)12-3-6-14(26-2)7-4-12/h3-11H,1-2H3. The number of hydrogen-bond donors (Lipinski definition) is 0. The molecule has 0 saturated heterocycles. The van der Waals surface area contributed by atoms with E-state index >= 15 is 0 Å².